The molecule has 0 aromatic carbocycles. The molecule has 0 saturated carbocycles. The summed E-state index contributed by atoms with van der Waals surface area (Å²) in [5.41, 5.74) is -3.62. The average molecular weight is 368 g/mol. The van der Waals surface area contributed by atoms with Gasteiger partial charge in [-0.25, -0.2) is 4.79 Å². The van der Waals surface area contributed by atoms with Gasteiger partial charge < -0.3 is 29.2 Å². The highest BCUT2D eigenvalue weighted by Crippen LogP contribution is 2.55. The minimum Gasteiger partial charge on any atom is -0.455 e. The van der Waals surface area contributed by atoms with Crippen LogP contribution >= 0.6 is 0 Å². The molecule has 0 aromatic heterocycles. The van der Waals surface area contributed by atoms with Crippen molar-refractivity contribution in [2.24, 2.45) is 5.92 Å². The van der Waals surface area contributed by atoms with Gasteiger partial charge in [0.15, 0.2) is 17.8 Å². The number of ether oxygens (including phenoxy) is 4. The lowest BCUT2D eigenvalue weighted by Gasteiger charge is -2.41. The molecule has 4 bridgehead atoms. The van der Waals surface area contributed by atoms with Crippen LogP contribution in [0.4, 0.5) is 0 Å². The van der Waals surface area contributed by atoms with Gasteiger partial charge in [-0.2, -0.15) is 0 Å². The van der Waals surface area contributed by atoms with Crippen LogP contribution in [0.25, 0.3) is 0 Å². The first-order valence-corrected chi connectivity index (χ1v) is 8.48. The second kappa shape index (κ2) is 5.05. The highest BCUT2D eigenvalue weighted by atomic mass is 16.8. The number of rotatable bonds is 1. The van der Waals surface area contributed by atoms with E-state index in [9.17, 15) is 24.6 Å². The SMILES string of the molecule is CC(=O)O[C@H]1[C@H]2OC(=O)[C@]1(O)CC[C@@H]1O[C@@]3(C=C1C)OC(=O)[C@@H](C)[C@]23O. The molecule has 2 N–H and O–H groups in total. The number of hydrogen-bond donors (Lipinski definition) is 2. The summed E-state index contributed by atoms with van der Waals surface area (Å²) >= 11 is 0. The topological polar surface area (TPSA) is 129 Å². The largest absolute Gasteiger partial charge is 0.455 e. The van der Waals surface area contributed by atoms with E-state index in [1.165, 1.54) is 13.0 Å². The van der Waals surface area contributed by atoms with E-state index in [0.29, 0.717) is 5.57 Å². The molecule has 0 aromatic rings. The van der Waals surface area contributed by atoms with Gasteiger partial charge in [0, 0.05) is 6.92 Å². The minimum atomic E-state index is -2.18. The fourth-order valence-electron chi connectivity index (χ4n) is 4.43. The first-order valence-electron chi connectivity index (χ1n) is 8.48. The molecule has 26 heavy (non-hydrogen) atoms. The van der Waals surface area contributed by atoms with Crippen LogP contribution in [0.1, 0.15) is 33.6 Å². The second-order valence-electron chi connectivity index (χ2n) is 7.45. The van der Waals surface area contributed by atoms with Gasteiger partial charge in [0.1, 0.15) is 0 Å². The lowest BCUT2D eigenvalue weighted by atomic mass is 9.74. The summed E-state index contributed by atoms with van der Waals surface area (Å²) in [6, 6.07) is 0. The average Bonchev–Trinajstić information content (AvgIpc) is 3.07. The molecule has 9 nitrogen and oxygen atoms in total. The summed E-state index contributed by atoms with van der Waals surface area (Å²) in [5, 5.41) is 22.5. The molecule has 4 aliphatic heterocycles. The van der Waals surface area contributed by atoms with Gasteiger partial charge in [0.25, 0.3) is 5.79 Å². The number of aliphatic hydroxyl groups is 2. The Balaban J connectivity index is 1.93. The predicted octanol–water partition coefficient (Wildman–Crippen LogP) is -0.666. The number of esters is 3. The fourth-order valence-corrected chi connectivity index (χ4v) is 4.43. The Morgan fingerprint density at radius 1 is 1.35 bits per heavy atom. The first kappa shape index (κ1) is 17.4. The molecule has 4 aliphatic rings. The number of carbonyl (C=O) groups excluding carboxylic acids is 3. The summed E-state index contributed by atoms with van der Waals surface area (Å²) < 4.78 is 21.8. The molecule has 1 spiro atoms. The third-order valence-electron chi connectivity index (χ3n) is 5.91. The summed E-state index contributed by atoms with van der Waals surface area (Å²) in [7, 11) is 0. The fraction of sp³-hybridized carbons (Fsp3) is 0.706. The van der Waals surface area contributed by atoms with Gasteiger partial charge in [0.05, 0.1) is 12.0 Å². The number of hydrogen-bond acceptors (Lipinski definition) is 9. The van der Waals surface area contributed by atoms with Crippen LogP contribution < -0.4 is 0 Å². The van der Waals surface area contributed by atoms with Crippen LogP contribution in [0, 0.1) is 5.92 Å². The van der Waals surface area contributed by atoms with Crippen molar-refractivity contribution in [2.45, 2.75) is 68.9 Å². The van der Waals surface area contributed by atoms with E-state index in [2.05, 4.69) is 0 Å². The van der Waals surface area contributed by atoms with E-state index < -0.39 is 59.1 Å². The summed E-state index contributed by atoms with van der Waals surface area (Å²) in [6.07, 6.45) is -2.03. The third-order valence-corrected chi connectivity index (χ3v) is 5.91. The quantitative estimate of drug-likeness (QED) is 0.352. The Hall–Kier alpha value is -1.97. The number of carbonyl (C=O) groups is 3. The molecule has 3 saturated heterocycles. The summed E-state index contributed by atoms with van der Waals surface area (Å²) in [4.78, 5) is 36.4. The lowest BCUT2D eigenvalue weighted by molar-refractivity contribution is -0.283. The van der Waals surface area contributed by atoms with Crippen molar-refractivity contribution >= 4 is 17.9 Å². The monoisotopic (exact) mass is 368 g/mol. The standard InChI is InChI=1S/C17H20O9/c1-7-6-16-17(22,8(2)13(19)26-16)12-11(23-9(3)18)15(21,14(20)24-12)5-4-10(7)25-16/h6,8,10-12,21-22H,4-5H2,1-3H3/t8-,10+,11+,12-,15+,16+,17+/m1/s1. The Morgan fingerprint density at radius 3 is 2.69 bits per heavy atom. The van der Waals surface area contributed by atoms with Crippen molar-refractivity contribution in [1.29, 1.82) is 0 Å². The van der Waals surface area contributed by atoms with Crippen LogP contribution in [0.3, 0.4) is 0 Å². The Labute approximate surface area is 148 Å². The molecular weight excluding hydrogens is 348 g/mol. The maximum absolute atomic E-state index is 12.5. The number of fused-ring (bicyclic) bond motifs is 4. The van der Waals surface area contributed by atoms with Crippen molar-refractivity contribution in [3.05, 3.63) is 11.6 Å². The summed E-state index contributed by atoms with van der Waals surface area (Å²) in [6.45, 7) is 4.27. The lowest BCUT2D eigenvalue weighted by Crippen LogP contribution is -2.65. The van der Waals surface area contributed by atoms with Crippen LogP contribution in [0.5, 0.6) is 0 Å². The Bertz CT molecular complexity index is 745. The first-order chi connectivity index (χ1) is 12.0. The Morgan fingerprint density at radius 2 is 2.04 bits per heavy atom. The third kappa shape index (κ3) is 1.88. The molecule has 4 rings (SSSR count). The van der Waals surface area contributed by atoms with E-state index in [1.807, 2.05) is 0 Å². The van der Waals surface area contributed by atoms with Crippen LogP contribution in [-0.4, -0.2) is 63.4 Å². The molecule has 0 amide bonds. The highest BCUT2D eigenvalue weighted by molar-refractivity contribution is 5.85. The van der Waals surface area contributed by atoms with Crippen molar-refractivity contribution in [2.75, 3.05) is 0 Å². The van der Waals surface area contributed by atoms with Crippen LogP contribution in [-0.2, 0) is 33.3 Å². The maximum Gasteiger partial charge on any atom is 0.342 e. The van der Waals surface area contributed by atoms with Crippen molar-refractivity contribution in [3.8, 4) is 0 Å². The van der Waals surface area contributed by atoms with Gasteiger partial charge in [0.2, 0.25) is 5.60 Å². The van der Waals surface area contributed by atoms with Crippen molar-refractivity contribution in [3.63, 3.8) is 0 Å². The molecule has 0 aliphatic carbocycles. The molecule has 3 fully saturated rings. The van der Waals surface area contributed by atoms with Crippen LogP contribution in [0.15, 0.2) is 11.6 Å². The van der Waals surface area contributed by atoms with Gasteiger partial charge in [-0.3, -0.25) is 9.59 Å². The zero-order valence-corrected chi connectivity index (χ0v) is 14.6. The Kier molecular flexibility index (Phi) is 3.39. The highest BCUT2D eigenvalue weighted by Gasteiger charge is 2.78. The van der Waals surface area contributed by atoms with E-state index in [4.69, 9.17) is 18.9 Å². The van der Waals surface area contributed by atoms with E-state index in [0.717, 1.165) is 6.92 Å². The second-order valence-corrected chi connectivity index (χ2v) is 7.45. The van der Waals surface area contributed by atoms with Crippen LogP contribution in [0.2, 0.25) is 0 Å². The van der Waals surface area contributed by atoms with Gasteiger partial charge >= 0.3 is 17.9 Å². The van der Waals surface area contributed by atoms with Crippen molar-refractivity contribution < 1.29 is 43.5 Å². The van der Waals surface area contributed by atoms with Crippen molar-refractivity contribution in [1.82, 2.24) is 0 Å². The normalized spacial score (nSPS) is 49.3. The minimum absolute atomic E-state index is 0.107. The molecular formula is C17H20O9. The molecule has 0 radical (unpaired) electrons. The molecule has 7 atom stereocenters. The zero-order chi connectivity index (χ0) is 19.1. The van der Waals surface area contributed by atoms with Gasteiger partial charge in [-0.1, -0.05) is 0 Å². The van der Waals surface area contributed by atoms with Gasteiger partial charge in [-0.05, 0) is 38.3 Å². The van der Waals surface area contributed by atoms with Gasteiger partial charge in [-0.15, -0.1) is 0 Å². The summed E-state index contributed by atoms with van der Waals surface area (Å²) in [5.74, 6) is -5.54. The van der Waals surface area contributed by atoms with E-state index >= 15 is 0 Å². The van der Waals surface area contributed by atoms with E-state index in [-0.39, 0.29) is 12.8 Å². The molecule has 9 heteroatoms. The molecule has 0 unspecified atom stereocenters. The molecule has 142 valence electrons. The molecule has 4 heterocycles. The smallest absolute Gasteiger partial charge is 0.342 e. The predicted molar refractivity (Wildman–Crippen MR) is 81.2 cm³/mol. The maximum atomic E-state index is 12.5. The zero-order valence-electron chi connectivity index (χ0n) is 14.6. The van der Waals surface area contributed by atoms with E-state index in [1.54, 1.807) is 6.92 Å².